The smallest absolute Gasteiger partial charge is 0.318 e. The third-order valence-electron chi connectivity index (χ3n) is 5.15. The van der Waals surface area contributed by atoms with Gasteiger partial charge in [0.25, 0.3) is 5.91 Å². The van der Waals surface area contributed by atoms with Gasteiger partial charge >= 0.3 is 6.01 Å². The molecule has 0 atom stereocenters. The summed E-state index contributed by atoms with van der Waals surface area (Å²) in [7, 11) is 1.47. The van der Waals surface area contributed by atoms with Gasteiger partial charge in [-0.15, -0.1) is 0 Å². The average Bonchev–Trinajstić information content (AvgIpc) is 3.23. The highest BCUT2D eigenvalue weighted by atomic mass is 16.5. The van der Waals surface area contributed by atoms with Crippen molar-refractivity contribution < 1.29 is 13.9 Å². The number of rotatable bonds is 4. The predicted molar refractivity (Wildman–Crippen MR) is 103 cm³/mol. The van der Waals surface area contributed by atoms with E-state index in [2.05, 4.69) is 28.8 Å². The molecule has 2 aromatic heterocycles. The zero-order chi connectivity index (χ0) is 19.9. The van der Waals surface area contributed by atoms with Crippen LogP contribution in [0.4, 0.5) is 11.5 Å². The van der Waals surface area contributed by atoms with Crippen LogP contribution >= 0.6 is 0 Å². The minimum atomic E-state index is -0.331. The van der Waals surface area contributed by atoms with E-state index in [9.17, 15) is 4.79 Å². The number of hydrogen-bond acceptors (Lipinski definition) is 7. The summed E-state index contributed by atoms with van der Waals surface area (Å²) in [5.41, 5.74) is 8.48. The molecule has 0 saturated heterocycles. The molecule has 0 saturated carbocycles. The van der Waals surface area contributed by atoms with Gasteiger partial charge in [0.05, 0.1) is 19.0 Å². The monoisotopic (exact) mass is 379 g/mol. The Morgan fingerprint density at radius 1 is 1.21 bits per heavy atom. The Balaban J connectivity index is 1.63. The number of carbonyl (C=O) groups excluding carboxylic acids is 1. The average molecular weight is 379 g/mol. The summed E-state index contributed by atoms with van der Waals surface area (Å²) in [6.45, 7) is 4.64. The molecule has 28 heavy (non-hydrogen) atoms. The fourth-order valence-electron chi connectivity index (χ4n) is 3.43. The van der Waals surface area contributed by atoms with Gasteiger partial charge in [0.15, 0.2) is 6.39 Å². The third-order valence-corrected chi connectivity index (χ3v) is 5.15. The van der Waals surface area contributed by atoms with E-state index in [1.54, 1.807) is 11.1 Å². The minimum Gasteiger partial charge on any atom is -0.467 e. The SMILES string of the molecule is COc1nc(N)c2c(n1)CCN(c1ccc(C(C)(C)c3cnco3)cc1)C2=O. The first-order valence-corrected chi connectivity index (χ1v) is 8.93. The van der Waals surface area contributed by atoms with E-state index in [1.165, 1.54) is 13.5 Å². The first kappa shape index (κ1) is 18.0. The molecular weight excluding hydrogens is 358 g/mol. The molecular formula is C20H21N5O3. The lowest BCUT2D eigenvalue weighted by atomic mass is 9.82. The number of nitrogen functional groups attached to an aromatic ring is 1. The number of nitrogens with two attached hydrogens (primary N) is 1. The first-order chi connectivity index (χ1) is 13.4. The number of nitrogens with zero attached hydrogens (tertiary/aromatic N) is 4. The Labute approximate surface area is 162 Å². The second-order valence-corrected chi connectivity index (χ2v) is 7.16. The van der Waals surface area contributed by atoms with Crippen molar-refractivity contribution in [3.8, 4) is 6.01 Å². The second kappa shape index (κ2) is 6.63. The third kappa shape index (κ3) is 2.87. The highest BCUT2D eigenvalue weighted by Gasteiger charge is 2.31. The molecule has 0 radical (unpaired) electrons. The van der Waals surface area contributed by atoms with E-state index in [0.29, 0.717) is 24.2 Å². The van der Waals surface area contributed by atoms with Crippen molar-refractivity contribution in [1.29, 1.82) is 0 Å². The summed E-state index contributed by atoms with van der Waals surface area (Å²) < 4.78 is 10.5. The van der Waals surface area contributed by atoms with Crippen LogP contribution < -0.4 is 15.4 Å². The summed E-state index contributed by atoms with van der Waals surface area (Å²) in [6, 6.07) is 8.02. The maximum Gasteiger partial charge on any atom is 0.318 e. The van der Waals surface area contributed by atoms with E-state index in [0.717, 1.165) is 17.0 Å². The lowest BCUT2D eigenvalue weighted by Crippen LogP contribution is -2.39. The van der Waals surface area contributed by atoms with Gasteiger partial charge in [-0.05, 0) is 31.5 Å². The van der Waals surface area contributed by atoms with Gasteiger partial charge in [-0.3, -0.25) is 4.79 Å². The van der Waals surface area contributed by atoms with Gasteiger partial charge < -0.3 is 19.8 Å². The molecule has 1 aliphatic heterocycles. The standard InChI is InChI=1S/C20H21N5O3/c1-20(2,15-10-22-11-28-15)12-4-6-13(7-5-12)25-9-8-14-16(18(25)26)17(21)24-19(23-14)27-3/h4-7,10-11H,8-9H2,1-3H3,(H2,21,23,24). The van der Waals surface area contributed by atoms with Crippen molar-refractivity contribution in [3.05, 3.63) is 59.4 Å². The molecule has 144 valence electrons. The van der Waals surface area contributed by atoms with Crippen LogP contribution in [0, 0.1) is 0 Å². The number of methoxy groups -OCH3 is 1. The van der Waals surface area contributed by atoms with E-state index < -0.39 is 0 Å². The molecule has 2 N–H and O–H groups in total. The largest absolute Gasteiger partial charge is 0.467 e. The molecule has 8 heteroatoms. The first-order valence-electron chi connectivity index (χ1n) is 8.93. The van der Waals surface area contributed by atoms with Gasteiger partial charge in [0, 0.05) is 24.1 Å². The van der Waals surface area contributed by atoms with E-state index in [-0.39, 0.29) is 23.2 Å². The van der Waals surface area contributed by atoms with Crippen LogP contribution in [0.5, 0.6) is 6.01 Å². The van der Waals surface area contributed by atoms with Crippen LogP contribution in [0.1, 0.15) is 41.2 Å². The normalized spacial score (nSPS) is 14.1. The quantitative estimate of drug-likeness (QED) is 0.742. The Morgan fingerprint density at radius 3 is 2.61 bits per heavy atom. The molecule has 3 aromatic rings. The summed E-state index contributed by atoms with van der Waals surface area (Å²) in [5.74, 6) is 0.713. The van der Waals surface area contributed by atoms with E-state index in [1.807, 2.05) is 24.3 Å². The van der Waals surface area contributed by atoms with Crippen LogP contribution in [-0.4, -0.2) is 34.5 Å². The highest BCUT2D eigenvalue weighted by Crippen LogP contribution is 2.33. The molecule has 0 fully saturated rings. The van der Waals surface area contributed by atoms with Gasteiger partial charge in [-0.1, -0.05) is 12.1 Å². The topological polar surface area (TPSA) is 107 Å². The predicted octanol–water partition coefficient (Wildman–Crippen LogP) is 2.58. The number of amides is 1. The van der Waals surface area contributed by atoms with E-state index in [4.69, 9.17) is 14.9 Å². The fraction of sp³-hybridized carbons (Fsp3) is 0.300. The number of anilines is 2. The maximum absolute atomic E-state index is 13.0. The van der Waals surface area contributed by atoms with Crippen molar-refractivity contribution >= 4 is 17.4 Å². The summed E-state index contributed by atoms with van der Waals surface area (Å²) in [6.07, 6.45) is 3.72. The van der Waals surface area contributed by atoms with Crippen LogP contribution in [-0.2, 0) is 11.8 Å². The molecule has 3 heterocycles. The molecule has 0 spiro atoms. The number of benzene rings is 1. The number of oxazole rings is 1. The van der Waals surface area contributed by atoms with Crippen molar-refractivity contribution in [1.82, 2.24) is 15.0 Å². The van der Waals surface area contributed by atoms with Crippen molar-refractivity contribution in [2.45, 2.75) is 25.7 Å². The highest BCUT2D eigenvalue weighted by molar-refractivity contribution is 6.10. The number of carbonyl (C=O) groups is 1. The number of ether oxygens (including phenoxy) is 1. The van der Waals surface area contributed by atoms with Crippen LogP contribution in [0.2, 0.25) is 0 Å². The number of hydrogen-bond donors (Lipinski definition) is 1. The lowest BCUT2D eigenvalue weighted by Gasteiger charge is -2.29. The second-order valence-electron chi connectivity index (χ2n) is 7.16. The molecule has 1 aliphatic rings. The fourth-order valence-corrected chi connectivity index (χ4v) is 3.43. The van der Waals surface area contributed by atoms with Crippen LogP contribution in [0.25, 0.3) is 0 Å². The summed E-state index contributed by atoms with van der Waals surface area (Å²) in [5, 5.41) is 0. The van der Waals surface area contributed by atoms with Crippen LogP contribution in [0.3, 0.4) is 0 Å². The van der Waals surface area contributed by atoms with Crippen molar-refractivity contribution in [2.24, 2.45) is 0 Å². The van der Waals surface area contributed by atoms with E-state index >= 15 is 0 Å². The zero-order valence-corrected chi connectivity index (χ0v) is 16.0. The molecule has 0 bridgehead atoms. The molecule has 0 unspecified atom stereocenters. The van der Waals surface area contributed by atoms with Gasteiger partial charge in [-0.25, -0.2) is 4.98 Å². The molecule has 1 aromatic carbocycles. The molecule has 4 rings (SSSR count). The summed E-state index contributed by atoms with van der Waals surface area (Å²) in [4.78, 5) is 27.0. The summed E-state index contributed by atoms with van der Waals surface area (Å²) >= 11 is 0. The van der Waals surface area contributed by atoms with Crippen LogP contribution in [0.15, 0.2) is 41.3 Å². The van der Waals surface area contributed by atoms with Gasteiger partial charge in [0.2, 0.25) is 0 Å². The Hall–Kier alpha value is -3.42. The number of aromatic nitrogens is 3. The molecule has 1 amide bonds. The molecule has 0 aliphatic carbocycles. The van der Waals surface area contributed by atoms with Crippen molar-refractivity contribution in [3.63, 3.8) is 0 Å². The Morgan fingerprint density at radius 2 is 1.96 bits per heavy atom. The number of fused-ring (bicyclic) bond motifs is 1. The zero-order valence-electron chi connectivity index (χ0n) is 16.0. The maximum atomic E-state index is 13.0. The Bertz CT molecular complexity index is 1010. The minimum absolute atomic E-state index is 0.139. The van der Waals surface area contributed by atoms with Gasteiger partial charge in [-0.2, -0.15) is 9.97 Å². The van der Waals surface area contributed by atoms with Gasteiger partial charge in [0.1, 0.15) is 17.1 Å². The Kier molecular flexibility index (Phi) is 4.26. The molecule has 8 nitrogen and oxygen atoms in total. The van der Waals surface area contributed by atoms with Crippen molar-refractivity contribution in [2.75, 3.05) is 24.3 Å². The lowest BCUT2D eigenvalue weighted by molar-refractivity contribution is 0.0980.